The summed E-state index contributed by atoms with van der Waals surface area (Å²) in [6.45, 7) is 5.36. The van der Waals surface area contributed by atoms with Gasteiger partial charge in [-0.05, 0) is 44.4 Å². The van der Waals surface area contributed by atoms with Crippen LogP contribution in [0.4, 0.5) is 0 Å². The molecular weight excluding hydrogens is 328 g/mol. The van der Waals surface area contributed by atoms with Crippen LogP contribution in [0.1, 0.15) is 97.3 Å². The van der Waals surface area contributed by atoms with E-state index in [1.54, 1.807) is 0 Å². The smallest absolute Gasteiger partial charge is 0.313 e. The van der Waals surface area contributed by atoms with E-state index in [9.17, 15) is 4.79 Å². The highest BCUT2D eigenvalue weighted by Gasteiger charge is 2.31. The Morgan fingerprint density at radius 1 is 0.846 bits per heavy atom. The third-order valence-electron chi connectivity index (χ3n) is 5.89. The molecule has 0 radical (unpaired) electrons. The number of esters is 1. The molecule has 152 valence electrons. The number of hydrogen-bond donors (Lipinski definition) is 0. The molecule has 1 aliphatic carbocycles. The van der Waals surface area contributed by atoms with Crippen molar-refractivity contribution in [1.29, 1.82) is 0 Å². The van der Waals surface area contributed by atoms with Crippen molar-refractivity contribution in [1.82, 2.24) is 0 Å². The van der Waals surface area contributed by atoms with Crippen LogP contribution in [-0.2, 0) is 19.0 Å². The SMILES string of the molecule is CCCCCCC1OCC(C(=O)OC2CCC(CCCCC)CC2)CO1. The van der Waals surface area contributed by atoms with E-state index in [0.717, 1.165) is 31.6 Å². The van der Waals surface area contributed by atoms with Crippen molar-refractivity contribution in [2.45, 2.75) is 110 Å². The van der Waals surface area contributed by atoms with E-state index < -0.39 is 0 Å². The van der Waals surface area contributed by atoms with Gasteiger partial charge in [0.05, 0.1) is 13.2 Å². The number of rotatable bonds is 11. The Morgan fingerprint density at radius 2 is 1.46 bits per heavy atom. The molecule has 4 nitrogen and oxygen atoms in total. The average Bonchev–Trinajstić information content (AvgIpc) is 2.67. The molecule has 2 rings (SSSR count). The highest BCUT2D eigenvalue weighted by molar-refractivity contribution is 5.73. The fraction of sp³-hybridized carbons (Fsp3) is 0.955. The van der Waals surface area contributed by atoms with Crippen LogP contribution in [0.5, 0.6) is 0 Å². The van der Waals surface area contributed by atoms with E-state index in [1.165, 1.54) is 57.8 Å². The van der Waals surface area contributed by atoms with E-state index in [0.29, 0.717) is 13.2 Å². The summed E-state index contributed by atoms with van der Waals surface area (Å²) in [6, 6.07) is 0. The van der Waals surface area contributed by atoms with E-state index in [-0.39, 0.29) is 24.3 Å². The molecule has 4 heteroatoms. The van der Waals surface area contributed by atoms with Gasteiger partial charge in [-0.2, -0.15) is 0 Å². The molecule has 1 saturated heterocycles. The molecule has 0 spiro atoms. The van der Waals surface area contributed by atoms with Gasteiger partial charge in [0.25, 0.3) is 0 Å². The van der Waals surface area contributed by atoms with E-state index in [4.69, 9.17) is 14.2 Å². The van der Waals surface area contributed by atoms with Crippen LogP contribution in [-0.4, -0.2) is 31.6 Å². The summed E-state index contributed by atoms with van der Waals surface area (Å²) < 4.78 is 17.2. The summed E-state index contributed by atoms with van der Waals surface area (Å²) >= 11 is 0. The van der Waals surface area contributed by atoms with Crippen molar-refractivity contribution in [2.24, 2.45) is 11.8 Å². The lowest BCUT2D eigenvalue weighted by Gasteiger charge is -2.32. The number of hydrogen-bond acceptors (Lipinski definition) is 4. The van der Waals surface area contributed by atoms with E-state index >= 15 is 0 Å². The molecule has 2 aliphatic rings. The molecule has 0 N–H and O–H groups in total. The van der Waals surface area contributed by atoms with Gasteiger partial charge in [-0.25, -0.2) is 0 Å². The van der Waals surface area contributed by atoms with Crippen molar-refractivity contribution in [3.05, 3.63) is 0 Å². The normalized spacial score (nSPS) is 29.5. The maximum absolute atomic E-state index is 12.4. The molecule has 1 heterocycles. The van der Waals surface area contributed by atoms with Crippen molar-refractivity contribution in [3.63, 3.8) is 0 Å². The second kappa shape index (κ2) is 12.7. The Labute approximate surface area is 160 Å². The first-order chi connectivity index (χ1) is 12.7. The van der Waals surface area contributed by atoms with E-state index in [2.05, 4.69) is 13.8 Å². The predicted octanol–water partition coefficient (Wildman–Crippen LogP) is 5.63. The minimum Gasteiger partial charge on any atom is -0.462 e. The summed E-state index contributed by atoms with van der Waals surface area (Å²) in [5.74, 6) is 0.472. The van der Waals surface area contributed by atoms with E-state index in [1.807, 2.05) is 0 Å². The maximum Gasteiger partial charge on any atom is 0.313 e. The van der Waals surface area contributed by atoms with Crippen LogP contribution in [0, 0.1) is 11.8 Å². The van der Waals surface area contributed by atoms with Crippen molar-refractivity contribution >= 4 is 5.97 Å². The molecule has 0 aromatic rings. The number of carbonyl (C=O) groups is 1. The lowest BCUT2D eigenvalue weighted by Crippen LogP contribution is -2.39. The maximum atomic E-state index is 12.4. The lowest BCUT2D eigenvalue weighted by atomic mass is 9.84. The molecular formula is C22H40O4. The van der Waals surface area contributed by atoms with Gasteiger partial charge in [0.1, 0.15) is 12.0 Å². The summed E-state index contributed by atoms with van der Waals surface area (Å²) in [7, 11) is 0. The summed E-state index contributed by atoms with van der Waals surface area (Å²) in [5, 5.41) is 0. The van der Waals surface area contributed by atoms with Crippen LogP contribution in [0.3, 0.4) is 0 Å². The van der Waals surface area contributed by atoms with Crippen molar-refractivity contribution in [3.8, 4) is 0 Å². The zero-order valence-corrected chi connectivity index (χ0v) is 17.0. The largest absolute Gasteiger partial charge is 0.462 e. The molecule has 26 heavy (non-hydrogen) atoms. The standard InChI is InChI=1S/C22H40O4/c1-3-5-7-9-11-21-24-16-19(17-25-21)22(23)26-20-14-12-18(13-15-20)10-8-6-4-2/h18-21H,3-17H2,1-2H3. The van der Waals surface area contributed by atoms with Crippen molar-refractivity contribution < 1.29 is 19.0 Å². The lowest BCUT2D eigenvalue weighted by molar-refractivity contribution is -0.214. The van der Waals surface area contributed by atoms with Crippen LogP contribution in [0.25, 0.3) is 0 Å². The van der Waals surface area contributed by atoms with Crippen LogP contribution < -0.4 is 0 Å². The second-order valence-electron chi connectivity index (χ2n) is 8.22. The quantitative estimate of drug-likeness (QED) is 0.350. The Balaban J connectivity index is 1.56. The summed E-state index contributed by atoms with van der Waals surface area (Å²) in [5.41, 5.74) is 0. The first-order valence-electron chi connectivity index (χ1n) is 11.2. The third kappa shape index (κ3) is 7.96. The number of carbonyl (C=O) groups excluding carboxylic acids is 1. The summed E-state index contributed by atoms with van der Waals surface area (Å²) in [4.78, 5) is 12.4. The van der Waals surface area contributed by atoms with Gasteiger partial charge in [0, 0.05) is 0 Å². The highest BCUT2D eigenvalue weighted by Crippen LogP contribution is 2.30. The van der Waals surface area contributed by atoms with Gasteiger partial charge in [0.2, 0.25) is 0 Å². The molecule has 2 fully saturated rings. The molecule has 0 atom stereocenters. The molecule has 1 saturated carbocycles. The monoisotopic (exact) mass is 368 g/mol. The molecule has 0 aromatic heterocycles. The number of ether oxygens (including phenoxy) is 3. The fourth-order valence-electron chi connectivity index (χ4n) is 4.07. The Kier molecular flexibility index (Phi) is 10.6. The molecule has 0 amide bonds. The number of unbranched alkanes of at least 4 members (excludes halogenated alkanes) is 5. The average molecular weight is 369 g/mol. The zero-order chi connectivity index (χ0) is 18.6. The minimum absolute atomic E-state index is 0.108. The van der Waals surface area contributed by atoms with Crippen LogP contribution >= 0.6 is 0 Å². The Bertz CT molecular complexity index is 368. The zero-order valence-electron chi connectivity index (χ0n) is 17.0. The van der Waals surface area contributed by atoms with Crippen LogP contribution in [0.2, 0.25) is 0 Å². The van der Waals surface area contributed by atoms with Crippen molar-refractivity contribution in [2.75, 3.05) is 13.2 Å². The first-order valence-corrected chi connectivity index (χ1v) is 11.2. The Hall–Kier alpha value is -0.610. The van der Waals surface area contributed by atoms with Gasteiger partial charge in [0.15, 0.2) is 6.29 Å². The molecule has 0 aromatic carbocycles. The molecule has 1 aliphatic heterocycles. The predicted molar refractivity (Wildman–Crippen MR) is 104 cm³/mol. The third-order valence-corrected chi connectivity index (χ3v) is 5.89. The summed E-state index contributed by atoms with van der Waals surface area (Å²) in [6.07, 6.45) is 15.6. The van der Waals surface area contributed by atoms with Gasteiger partial charge in [-0.3, -0.25) is 4.79 Å². The second-order valence-corrected chi connectivity index (χ2v) is 8.22. The fourth-order valence-corrected chi connectivity index (χ4v) is 4.07. The van der Waals surface area contributed by atoms with Crippen LogP contribution in [0.15, 0.2) is 0 Å². The molecule has 0 unspecified atom stereocenters. The van der Waals surface area contributed by atoms with Gasteiger partial charge >= 0.3 is 5.97 Å². The minimum atomic E-state index is -0.246. The highest BCUT2D eigenvalue weighted by atomic mass is 16.7. The van der Waals surface area contributed by atoms with Gasteiger partial charge in [-0.15, -0.1) is 0 Å². The Morgan fingerprint density at radius 3 is 2.12 bits per heavy atom. The topological polar surface area (TPSA) is 44.8 Å². The first kappa shape index (κ1) is 21.7. The van der Waals surface area contributed by atoms with Gasteiger partial charge < -0.3 is 14.2 Å². The molecule has 0 bridgehead atoms. The van der Waals surface area contributed by atoms with Gasteiger partial charge in [-0.1, -0.05) is 58.8 Å².